The fourth-order valence-electron chi connectivity index (χ4n) is 2.02. The molecule has 0 bridgehead atoms. The lowest BCUT2D eigenvalue weighted by Gasteiger charge is -2.21. The predicted octanol–water partition coefficient (Wildman–Crippen LogP) is 2.74. The van der Waals surface area contributed by atoms with Crippen molar-refractivity contribution in [3.8, 4) is 0 Å². The SMILES string of the molecule is C[C@H](C(=O)O)N(C)Cc1cccc2ccccc12. The molecule has 0 saturated heterocycles. The number of rotatable bonds is 4. The van der Waals surface area contributed by atoms with Crippen LogP contribution in [0.2, 0.25) is 0 Å². The number of fused-ring (bicyclic) bond motifs is 1. The van der Waals surface area contributed by atoms with Crippen molar-refractivity contribution in [3.63, 3.8) is 0 Å². The van der Waals surface area contributed by atoms with E-state index < -0.39 is 12.0 Å². The van der Waals surface area contributed by atoms with E-state index in [9.17, 15) is 4.79 Å². The number of hydrogen-bond donors (Lipinski definition) is 1. The Hall–Kier alpha value is -1.87. The molecule has 0 saturated carbocycles. The van der Waals surface area contributed by atoms with E-state index in [0.717, 1.165) is 5.56 Å². The van der Waals surface area contributed by atoms with Crippen LogP contribution in [0.25, 0.3) is 10.8 Å². The summed E-state index contributed by atoms with van der Waals surface area (Å²) in [6, 6.07) is 13.8. The van der Waals surface area contributed by atoms with E-state index in [-0.39, 0.29) is 0 Å². The van der Waals surface area contributed by atoms with Crippen LogP contribution >= 0.6 is 0 Å². The molecular weight excluding hydrogens is 226 g/mol. The molecule has 0 aliphatic heterocycles. The summed E-state index contributed by atoms with van der Waals surface area (Å²) in [7, 11) is 1.83. The Morgan fingerprint density at radius 3 is 2.61 bits per heavy atom. The summed E-state index contributed by atoms with van der Waals surface area (Å²) in [5.41, 5.74) is 1.16. The molecule has 2 rings (SSSR count). The van der Waals surface area contributed by atoms with E-state index in [1.807, 2.05) is 36.2 Å². The van der Waals surface area contributed by atoms with Gasteiger partial charge < -0.3 is 5.11 Å². The summed E-state index contributed by atoms with van der Waals surface area (Å²) in [4.78, 5) is 12.8. The molecule has 0 spiro atoms. The molecule has 3 nitrogen and oxygen atoms in total. The maximum atomic E-state index is 11.0. The highest BCUT2D eigenvalue weighted by Crippen LogP contribution is 2.20. The van der Waals surface area contributed by atoms with Gasteiger partial charge in [-0.25, -0.2) is 0 Å². The van der Waals surface area contributed by atoms with Gasteiger partial charge in [0.05, 0.1) is 0 Å². The molecule has 1 N–H and O–H groups in total. The molecule has 0 unspecified atom stereocenters. The molecule has 2 aromatic rings. The summed E-state index contributed by atoms with van der Waals surface area (Å²) >= 11 is 0. The number of likely N-dealkylation sites (N-methyl/N-ethyl adjacent to an activating group) is 1. The number of carboxylic acid groups (broad SMARTS) is 1. The highest BCUT2D eigenvalue weighted by molar-refractivity contribution is 5.85. The minimum absolute atomic E-state index is 0.482. The molecule has 0 aromatic heterocycles. The summed E-state index contributed by atoms with van der Waals surface area (Å²) < 4.78 is 0. The van der Waals surface area contributed by atoms with Crippen molar-refractivity contribution in [2.75, 3.05) is 7.05 Å². The van der Waals surface area contributed by atoms with Gasteiger partial charge in [0.25, 0.3) is 0 Å². The van der Waals surface area contributed by atoms with Crippen molar-refractivity contribution in [3.05, 3.63) is 48.0 Å². The van der Waals surface area contributed by atoms with Crippen LogP contribution in [-0.4, -0.2) is 29.1 Å². The second-order valence-electron chi connectivity index (χ2n) is 4.57. The van der Waals surface area contributed by atoms with Gasteiger partial charge in [-0.15, -0.1) is 0 Å². The maximum absolute atomic E-state index is 11.0. The smallest absolute Gasteiger partial charge is 0.320 e. The highest BCUT2D eigenvalue weighted by Gasteiger charge is 2.17. The van der Waals surface area contributed by atoms with Gasteiger partial charge in [-0.05, 0) is 30.3 Å². The van der Waals surface area contributed by atoms with E-state index in [2.05, 4.69) is 18.2 Å². The summed E-state index contributed by atoms with van der Waals surface area (Å²) in [5.74, 6) is -0.794. The van der Waals surface area contributed by atoms with Crippen molar-refractivity contribution in [2.24, 2.45) is 0 Å². The Labute approximate surface area is 107 Å². The molecule has 18 heavy (non-hydrogen) atoms. The Balaban J connectivity index is 2.29. The summed E-state index contributed by atoms with van der Waals surface area (Å²) in [6.45, 7) is 2.34. The third-order valence-corrected chi connectivity index (χ3v) is 3.32. The Kier molecular flexibility index (Phi) is 3.63. The first-order valence-corrected chi connectivity index (χ1v) is 5.99. The van der Waals surface area contributed by atoms with Crippen LogP contribution in [0, 0.1) is 0 Å². The van der Waals surface area contributed by atoms with Gasteiger partial charge in [0.15, 0.2) is 0 Å². The Morgan fingerprint density at radius 2 is 1.89 bits per heavy atom. The first-order chi connectivity index (χ1) is 8.59. The van der Waals surface area contributed by atoms with Crippen LogP contribution < -0.4 is 0 Å². The normalized spacial score (nSPS) is 12.8. The Bertz CT molecular complexity index is 560. The molecule has 1 atom stereocenters. The monoisotopic (exact) mass is 243 g/mol. The molecule has 0 aliphatic carbocycles. The topological polar surface area (TPSA) is 40.5 Å². The number of hydrogen-bond acceptors (Lipinski definition) is 2. The lowest BCUT2D eigenvalue weighted by atomic mass is 10.0. The quantitative estimate of drug-likeness (QED) is 0.897. The molecule has 94 valence electrons. The molecule has 0 aliphatic rings. The summed E-state index contributed by atoms with van der Waals surface area (Å²) in [5, 5.41) is 11.4. The van der Waals surface area contributed by atoms with Gasteiger partial charge >= 0.3 is 5.97 Å². The van der Waals surface area contributed by atoms with Gasteiger partial charge in [-0.2, -0.15) is 0 Å². The molecule has 0 radical (unpaired) electrons. The van der Waals surface area contributed by atoms with Gasteiger partial charge in [0.2, 0.25) is 0 Å². The minimum Gasteiger partial charge on any atom is -0.480 e. The zero-order valence-electron chi connectivity index (χ0n) is 10.6. The second-order valence-corrected chi connectivity index (χ2v) is 4.57. The Morgan fingerprint density at radius 1 is 1.22 bits per heavy atom. The molecule has 0 fully saturated rings. The number of carboxylic acids is 1. The number of nitrogens with zero attached hydrogens (tertiary/aromatic N) is 1. The molecule has 0 amide bonds. The molecular formula is C15H17NO2. The van der Waals surface area contributed by atoms with Crippen LogP contribution in [0.3, 0.4) is 0 Å². The fourth-order valence-corrected chi connectivity index (χ4v) is 2.02. The zero-order valence-corrected chi connectivity index (χ0v) is 10.6. The average molecular weight is 243 g/mol. The molecule has 3 heteroatoms. The van der Waals surface area contributed by atoms with E-state index in [1.54, 1.807) is 6.92 Å². The first kappa shape index (κ1) is 12.6. The highest BCUT2D eigenvalue weighted by atomic mass is 16.4. The first-order valence-electron chi connectivity index (χ1n) is 5.99. The van der Waals surface area contributed by atoms with E-state index >= 15 is 0 Å². The average Bonchev–Trinajstić information content (AvgIpc) is 2.38. The van der Waals surface area contributed by atoms with Gasteiger partial charge in [-0.1, -0.05) is 42.5 Å². The van der Waals surface area contributed by atoms with Crippen molar-refractivity contribution in [1.82, 2.24) is 4.90 Å². The zero-order chi connectivity index (χ0) is 13.1. The fraction of sp³-hybridized carbons (Fsp3) is 0.267. The lowest BCUT2D eigenvalue weighted by molar-refractivity contribution is -0.142. The predicted molar refractivity (Wildman–Crippen MR) is 72.5 cm³/mol. The van der Waals surface area contributed by atoms with Crippen molar-refractivity contribution in [2.45, 2.75) is 19.5 Å². The van der Waals surface area contributed by atoms with E-state index in [1.165, 1.54) is 10.8 Å². The second kappa shape index (κ2) is 5.19. The summed E-state index contributed by atoms with van der Waals surface area (Å²) in [6.07, 6.45) is 0. The minimum atomic E-state index is -0.794. The van der Waals surface area contributed by atoms with Crippen LogP contribution in [-0.2, 0) is 11.3 Å². The van der Waals surface area contributed by atoms with Gasteiger partial charge in [-0.3, -0.25) is 9.69 Å². The van der Waals surface area contributed by atoms with Crippen LogP contribution in [0.1, 0.15) is 12.5 Å². The van der Waals surface area contributed by atoms with Crippen LogP contribution in [0.4, 0.5) is 0 Å². The third kappa shape index (κ3) is 2.51. The van der Waals surface area contributed by atoms with Crippen molar-refractivity contribution >= 4 is 16.7 Å². The lowest BCUT2D eigenvalue weighted by Crippen LogP contribution is -2.35. The largest absolute Gasteiger partial charge is 0.480 e. The number of carbonyl (C=O) groups is 1. The van der Waals surface area contributed by atoms with Gasteiger partial charge in [0.1, 0.15) is 6.04 Å². The standard InChI is InChI=1S/C15H17NO2/c1-11(15(17)18)16(2)10-13-8-5-7-12-6-3-4-9-14(12)13/h3-9,11H,10H2,1-2H3,(H,17,18)/t11-/m1/s1. The van der Waals surface area contributed by atoms with Crippen molar-refractivity contribution < 1.29 is 9.90 Å². The van der Waals surface area contributed by atoms with Gasteiger partial charge in [0, 0.05) is 6.54 Å². The van der Waals surface area contributed by atoms with E-state index in [4.69, 9.17) is 5.11 Å². The van der Waals surface area contributed by atoms with E-state index in [0.29, 0.717) is 6.54 Å². The molecule has 2 aromatic carbocycles. The maximum Gasteiger partial charge on any atom is 0.320 e. The van der Waals surface area contributed by atoms with Crippen LogP contribution in [0.5, 0.6) is 0 Å². The number of benzene rings is 2. The van der Waals surface area contributed by atoms with Crippen LogP contribution in [0.15, 0.2) is 42.5 Å². The number of aliphatic carboxylic acids is 1. The third-order valence-electron chi connectivity index (χ3n) is 3.32. The van der Waals surface area contributed by atoms with Crippen molar-refractivity contribution in [1.29, 1.82) is 0 Å². The molecule has 0 heterocycles.